The van der Waals surface area contributed by atoms with Crippen LogP contribution in [0.4, 0.5) is 0 Å². The summed E-state index contributed by atoms with van der Waals surface area (Å²) in [5.74, 6) is 0.646. The number of nitrogens with two attached hydrogens (primary N) is 1. The third-order valence-electron chi connectivity index (χ3n) is 4.42. The molecule has 0 bridgehead atoms. The van der Waals surface area contributed by atoms with E-state index in [4.69, 9.17) is 5.73 Å². The molecule has 0 saturated carbocycles. The van der Waals surface area contributed by atoms with E-state index in [0.717, 1.165) is 25.9 Å². The Morgan fingerprint density at radius 1 is 1.21 bits per heavy atom. The summed E-state index contributed by atoms with van der Waals surface area (Å²) in [7, 11) is 0. The van der Waals surface area contributed by atoms with Gasteiger partial charge in [0.25, 0.3) is 0 Å². The van der Waals surface area contributed by atoms with Crippen molar-refractivity contribution < 1.29 is 4.79 Å². The van der Waals surface area contributed by atoms with Crippen LogP contribution >= 0.6 is 0 Å². The van der Waals surface area contributed by atoms with Crippen molar-refractivity contribution in [2.24, 2.45) is 11.7 Å². The molecule has 0 radical (unpaired) electrons. The lowest BCUT2D eigenvalue weighted by Crippen LogP contribution is -2.46. The summed E-state index contributed by atoms with van der Waals surface area (Å²) in [6.07, 6.45) is 5.92. The zero-order valence-electron chi connectivity index (χ0n) is 12.5. The van der Waals surface area contributed by atoms with Gasteiger partial charge in [0.15, 0.2) is 0 Å². The van der Waals surface area contributed by atoms with Gasteiger partial charge in [-0.1, -0.05) is 20.3 Å². The van der Waals surface area contributed by atoms with Crippen molar-refractivity contribution in [3.8, 4) is 0 Å². The maximum absolute atomic E-state index is 12.3. The van der Waals surface area contributed by atoms with Gasteiger partial charge in [0.05, 0.1) is 6.04 Å². The lowest BCUT2D eigenvalue weighted by Gasteiger charge is -2.32. The number of nitrogens with zero attached hydrogens (tertiary/aromatic N) is 2. The van der Waals surface area contributed by atoms with E-state index >= 15 is 0 Å². The molecular weight excluding hydrogens is 238 g/mol. The minimum atomic E-state index is -0.305. The molecule has 2 aliphatic heterocycles. The zero-order chi connectivity index (χ0) is 13.8. The van der Waals surface area contributed by atoms with Crippen LogP contribution in [0.3, 0.4) is 0 Å². The molecule has 19 heavy (non-hydrogen) atoms. The Morgan fingerprint density at radius 2 is 1.89 bits per heavy atom. The highest BCUT2D eigenvalue weighted by atomic mass is 16.2. The van der Waals surface area contributed by atoms with E-state index in [0.29, 0.717) is 12.0 Å². The molecular formula is C15H29N3O. The maximum atomic E-state index is 12.3. The first-order chi connectivity index (χ1) is 9.08. The van der Waals surface area contributed by atoms with Crippen LogP contribution in [0.5, 0.6) is 0 Å². The molecule has 2 atom stereocenters. The molecule has 2 N–H and O–H groups in total. The Labute approximate surface area is 117 Å². The van der Waals surface area contributed by atoms with Crippen molar-refractivity contribution in [1.29, 1.82) is 0 Å². The Hall–Kier alpha value is -0.610. The predicted molar refractivity (Wildman–Crippen MR) is 77.8 cm³/mol. The van der Waals surface area contributed by atoms with Gasteiger partial charge in [0, 0.05) is 19.1 Å². The van der Waals surface area contributed by atoms with Gasteiger partial charge in [-0.25, -0.2) is 0 Å². The largest absolute Gasteiger partial charge is 0.340 e. The second kappa shape index (κ2) is 6.71. The predicted octanol–water partition coefficient (Wildman–Crippen LogP) is 1.45. The summed E-state index contributed by atoms with van der Waals surface area (Å²) in [6, 6.07) is 0.274. The van der Waals surface area contributed by atoms with Crippen LogP contribution in [0, 0.1) is 5.92 Å². The van der Waals surface area contributed by atoms with Crippen LogP contribution in [0.25, 0.3) is 0 Å². The van der Waals surface area contributed by atoms with Gasteiger partial charge in [-0.05, 0) is 44.7 Å². The van der Waals surface area contributed by atoms with Crippen LogP contribution in [-0.4, -0.2) is 54.0 Å². The summed E-state index contributed by atoms with van der Waals surface area (Å²) in [5, 5.41) is 0. The van der Waals surface area contributed by atoms with E-state index in [1.54, 1.807) is 0 Å². The minimum absolute atomic E-state index is 0.160. The fraction of sp³-hybridized carbons (Fsp3) is 0.933. The molecule has 2 unspecified atom stereocenters. The van der Waals surface area contributed by atoms with Crippen molar-refractivity contribution in [2.45, 2.75) is 58.0 Å². The van der Waals surface area contributed by atoms with Crippen LogP contribution in [-0.2, 0) is 4.79 Å². The Morgan fingerprint density at radius 3 is 2.53 bits per heavy atom. The molecule has 110 valence electrons. The highest BCUT2D eigenvalue weighted by Gasteiger charge is 2.32. The van der Waals surface area contributed by atoms with Crippen LogP contribution in [0.2, 0.25) is 0 Å². The number of hydrogen-bond donors (Lipinski definition) is 1. The van der Waals surface area contributed by atoms with Crippen LogP contribution in [0.15, 0.2) is 0 Å². The average Bonchev–Trinajstić information content (AvgIpc) is 2.87. The van der Waals surface area contributed by atoms with Crippen LogP contribution < -0.4 is 5.73 Å². The summed E-state index contributed by atoms with van der Waals surface area (Å²) in [4.78, 5) is 16.9. The number of carbonyl (C=O) groups excluding carboxylic acids is 1. The first-order valence-corrected chi connectivity index (χ1v) is 7.86. The molecule has 2 heterocycles. The van der Waals surface area contributed by atoms with E-state index < -0.39 is 0 Å². The van der Waals surface area contributed by atoms with Gasteiger partial charge in [0.1, 0.15) is 0 Å². The van der Waals surface area contributed by atoms with Crippen molar-refractivity contribution in [1.82, 2.24) is 9.80 Å². The monoisotopic (exact) mass is 267 g/mol. The van der Waals surface area contributed by atoms with Gasteiger partial charge < -0.3 is 10.6 Å². The van der Waals surface area contributed by atoms with Crippen molar-refractivity contribution in [3.05, 3.63) is 0 Å². The van der Waals surface area contributed by atoms with Crippen LogP contribution in [0.1, 0.15) is 46.0 Å². The molecule has 0 aromatic carbocycles. The van der Waals surface area contributed by atoms with E-state index in [2.05, 4.69) is 18.7 Å². The van der Waals surface area contributed by atoms with Crippen molar-refractivity contribution in [2.75, 3.05) is 26.2 Å². The van der Waals surface area contributed by atoms with E-state index in [-0.39, 0.29) is 11.9 Å². The molecule has 2 rings (SSSR count). The zero-order valence-corrected chi connectivity index (χ0v) is 12.5. The second-order valence-corrected chi connectivity index (χ2v) is 6.56. The number of amides is 1. The molecule has 0 spiro atoms. The number of rotatable bonds is 4. The van der Waals surface area contributed by atoms with E-state index in [1.165, 1.54) is 32.4 Å². The maximum Gasteiger partial charge on any atom is 0.239 e. The SMILES string of the molecule is CC(C)CC(N)C(=O)N1CCC(N2CCCCC2)C1. The first kappa shape index (κ1) is 14.8. The average molecular weight is 267 g/mol. The third-order valence-corrected chi connectivity index (χ3v) is 4.42. The van der Waals surface area contributed by atoms with Gasteiger partial charge in [-0.2, -0.15) is 0 Å². The highest BCUT2D eigenvalue weighted by molar-refractivity contribution is 5.81. The first-order valence-electron chi connectivity index (χ1n) is 7.86. The topological polar surface area (TPSA) is 49.6 Å². The molecule has 4 heteroatoms. The Balaban J connectivity index is 1.81. The quantitative estimate of drug-likeness (QED) is 0.838. The summed E-state index contributed by atoms with van der Waals surface area (Å²) in [5.41, 5.74) is 6.02. The highest BCUT2D eigenvalue weighted by Crippen LogP contribution is 2.21. The standard InChI is InChI=1S/C15H29N3O/c1-12(2)10-14(16)15(19)18-9-6-13(11-18)17-7-4-3-5-8-17/h12-14H,3-11,16H2,1-2H3. The van der Waals surface area contributed by atoms with Gasteiger partial charge >= 0.3 is 0 Å². The number of likely N-dealkylation sites (tertiary alicyclic amines) is 2. The molecule has 0 aromatic rings. The Bertz CT molecular complexity index is 300. The molecule has 2 fully saturated rings. The molecule has 0 aromatic heterocycles. The molecule has 2 aliphatic rings. The molecule has 2 saturated heterocycles. The van der Waals surface area contributed by atoms with Gasteiger partial charge in [0.2, 0.25) is 5.91 Å². The lowest BCUT2D eigenvalue weighted by atomic mass is 10.0. The second-order valence-electron chi connectivity index (χ2n) is 6.56. The minimum Gasteiger partial charge on any atom is -0.340 e. The smallest absolute Gasteiger partial charge is 0.239 e. The fourth-order valence-electron chi connectivity index (χ4n) is 3.37. The summed E-state index contributed by atoms with van der Waals surface area (Å²) < 4.78 is 0. The fourth-order valence-corrected chi connectivity index (χ4v) is 3.37. The molecule has 4 nitrogen and oxygen atoms in total. The van der Waals surface area contributed by atoms with Crippen molar-refractivity contribution >= 4 is 5.91 Å². The molecule has 0 aliphatic carbocycles. The summed E-state index contributed by atoms with van der Waals surface area (Å²) >= 11 is 0. The molecule has 1 amide bonds. The van der Waals surface area contributed by atoms with E-state index in [1.807, 2.05) is 4.90 Å². The number of piperidine rings is 1. The Kier molecular flexibility index (Phi) is 5.22. The van der Waals surface area contributed by atoms with E-state index in [9.17, 15) is 4.79 Å². The lowest BCUT2D eigenvalue weighted by molar-refractivity contribution is -0.132. The third kappa shape index (κ3) is 3.93. The summed E-state index contributed by atoms with van der Waals surface area (Å²) in [6.45, 7) is 8.45. The number of carbonyl (C=O) groups is 1. The normalized spacial score (nSPS) is 26.9. The van der Waals surface area contributed by atoms with Crippen molar-refractivity contribution in [3.63, 3.8) is 0 Å². The van der Waals surface area contributed by atoms with Gasteiger partial charge in [-0.15, -0.1) is 0 Å². The van der Waals surface area contributed by atoms with Gasteiger partial charge in [-0.3, -0.25) is 9.69 Å². The number of hydrogen-bond acceptors (Lipinski definition) is 3.